The van der Waals surface area contributed by atoms with Gasteiger partial charge in [0, 0.05) is 36.3 Å². The Balaban J connectivity index is 1.51. The first-order valence-corrected chi connectivity index (χ1v) is 12.3. The molecule has 5 atom stereocenters. The van der Waals surface area contributed by atoms with E-state index in [9.17, 15) is 18.8 Å². The molecule has 2 fully saturated rings. The van der Waals surface area contributed by atoms with Crippen LogP contribution in [0.2, 0.25) is 5.28 Å². The lowest BCUT2D eigenvalue weighted by atomic mass is 9.80. The van der Waals surface area contributed by atoms with Crippen LogP contribution in [0.3, 0.4) is 0 Å². The zero-order valence-corrected chi connectivity index (χ0v) is 21.8. The molecule has 1 heterocycles. The van der Waals surface area contributed by atoms with Crippen molar-refractivity contribution in [2.24, 2.45) is 23.5 Å². The summed E-state index contributed by atoms with van der Waals surface area (Å²) in [5, 5.41) is 5.52. The van der Waals surface area contributed by atoms with Gasteiger partial charge in [-0.3, -0.25) is 14.9 Å². The fourth-order valence-corrected chi connectivity index (χ4v) is 5.62. The number of halogens is 2. The highest BCUT2D eigenvalue weighted by Crippen LogP contribution is 2.51. The van der Waals surface area contributed by atoms with Crippen molar-refractivity contribution >= 4 is 41.0 Å². The molecule has 10 nitrogen and oxygen atoms in total. The first kappa shape index (κ1) is 26.6. The summed E-state index contributed by atoms with van der Waals surface area (Å²) in [4.78, 5) is 47.0. The number of benzene rings is 1. The first-order valence-electron chi connectivity index (χ1n) is 11.9. The van der Waals surface area contributed by atoms with Crippen molar-refractivity contribution in [1.29, 1.82) is 0 Å². The average Bonchev–Trinajstić information content (AvgIpc) is 3.38. The van der Waals surface area contributed by atoms with Crippen molar-refractivity contribution in [3.8, 4) is 0 Å². The first-order chi connectivity index (χ1) is 17.3. The van der Waals surface area contributed by atoms with Crippen LogP contribution in [0.15, 0.2) is 30.5 Å². The van der Waals surface area contributed by atoms with E-state index in [-0.39, 0.29) is 34.9 Å². The fourth-order valence-electron chi connectivity index (χ4n) is 5.49. The van der Waals surface area contributed by atoms with E-state index in [1.807, 2.05) is 0 Å². The summed E-state index contributed by atoms with van der Waals surface area (Å²) in [6, 6.07) is 5.81. The highest BCUT2D eigenvalue weighted by atomic mass is 35.5. The molecule has 198 valence electrons. The Morgan fingerprint density at radius 1 is 1.24 bits per heavy atom. The second-order valence-corrected chi connectivity index (χ2v) is 10.9. The molecular formula is C25H30ClFN6O4. The number of amides is 3. The van der Waals surface area contributed by atoms with Crippen molar-refractivity contribution < 1.29 is 23.5 Å². The SMILES string of the molecule is CN(C(=O)c1cccc(NC(=O)OC(C)(C)C)c1)C1C[C@H]2C[C@@H]1[C@@H](Nc1nc(Cl)ncc1F)[C@H]2C(N)=O. The van der Waals surface area contributed by atoms with Crippen molar-refractivity contribution in [3.63, 3.8) is 0 Å². The maximum atomic E-state index is 14.4. The Hall–Kier alpha value is -3.47. The quantitative estimate of drug-likeness (QED) is 0.482. The third-order valence-corrected chi connectivity index (χ3v) is 7.07. The molecule has 0 radical (unpaired) electrons. The van der Waals surface area contributed by atoms with Gasteiger partial charge in [0.25, 0.3) is 5.91 Å². The molecule has 37 heavy (non-hydrogen) atoms. The minimum absolute atomic E-state index is 0.0687. The summed E-state index contributed by atoms with van der Waals surface area (Å²) in [5.74, 6) is -2.34. The molecule has 2 bridgehead atoms. The number of carbonyl (C=O) groups is 3. The molecule has 0 saturated heterocycles. The number of fused-ring (bicyclic) bond motifs is 2. The molecule has 3 amide bonds. The van der Waals surface area contributed by atoms with Gasteiger partial charge in [0.05, 0.1) is 12.1 Å². The van der Waals surface area contributed by atoms with Gasteiger partial charge in [-0.2, -0.15) is 4.98 Å². The molecule has 12 heteroatoms. The molecular weight excluding hydrogens is 503 g/mol. The zero-order valence-electron chi connectivity index (χ0n) is 21.0. The summed E-state index contributed by atoms with van der Waals surface area (Å²) in [5.41, 5.74) is 5.85. The van der Waals surface area contributed by atoms with Crippen molar-refractivity contribution in [2.75, 3.05) is 17.7 Å². The Morgan fingerprint density at radius 3 is 2.65 bits per heavy atom. The Labute approximate surface area is 219 Å². The van der Waals surface area contributed by atoms with E-state index in [1.165, 1.54) is 0 Å². The Morgan fingerprint density at radius 2 is 1.97 bits per heavy atom. The molecule has 2 aromatic rings. The maximum absolute atomic E-state index is 14.4. The van der Waals surface area contributed by atoms with Gasteiger partial charge in [0.1, 0.15) is 5.60 Å². The lowest BCUT2D eigenvalue weighted by Crippen LogP contribution is -2.52. The van der Waals surface area contributed by atoms with Gasteiger partial charge >= 0.3 is 6.09 Å². The van der Waals surface area contributed by atoms with Crippen LogP contribution in [-0.4, -0.2) is 57.5 Å². The molecule has 2 saturated carbocycles. The van der Waals surface area contributed by atoms with E-state index in [1.54, 1.807) is 57.0 Å². The number of rotatable bonds is 6. The summed E-state index contributed by atoms with van der Waals surface area (Å²) >= 11 is 5.84. The number of carbonyl (C=O) groups excluding carboxylic acids is 3. The monoisotopic (exact) mass is 532 g/mol. The van der Waals surface area contributed by atoms with Crippen LogP contribution in [0.25, 0.3) is 0 Å². The maximum Gasteiger partial charge on any atom is 0.412 e. The smallest absolute Gasteiger partial charge is 0.412 e. The molecule has 0 aliphatic heterocycles. The highest BCUT2D eigenvalue weighted by Gasteiger charge is 2.56. The van der Waals surface area contributed by atoms with Crippen LogP contribution < -0.4 is 16.4 Å². The standard InChI is InChI=1S/C25H30ClFN6O4/c1-25(2,3)37-24(36)30-14-7-5-6-12(8-14)22(35)33(4)17-10-13-9-15(17)19(18(13)20(28)34)31-21-16(27)11-29-23(26)32-21/h5-8,11,13,15,17-19H,9-10H2,1-4H3,(H2,28,34)(H,30,36)(H,29,31,32)/t13-,15+,17?,18+,19-/m1/s1. The predicted molar refractivity (Wildman–Crippen MR) is 135 cm³/mol. The number of ether oxygens (including phenoxy) is 1. The number of nitrogens with zero attached hydrogens (tertiary/aromatic N) is 3. The topological polar surface area (TPSA) is 140 Å². The molecule has 2 aliphatic rings. The van der Waals surface area contributed by atoms with Crippen molar-refractivity contribution in [3.05, 3.63) is 47.1 Å². The number of aromatic nitrogens is 2. The van der Waals surface area contributed by atoms with Crippen LogP contribution in [0.5, 0.6) is 0 Å². The van der Waals surface area contributed by atoms with E-state index >= 15 is 0 Å². The van der Waals surface area contributed by atoms with Crippen LogP contribution >= 0.6 is 11.6 Å². The molecule has 4 N–H and O–H groups in total. The summed E-state index contributed by atoms with van der Waals surface area (Å²) < 4.78 is 19.6. The van der Waals surface area contributed by atoms with Crippen molar-refractivity contribution in [1.82, 2.24) is 14.9 Å². The lowest BCUT2D eigenvalue weighted by Gasteiger charge is -2.39. The minimum atomic E-state index is -0.703. The number of nitrogens with two attached hydrogens (primary N) is 1. The van der Waals surface area contributed by atoms with Crippen LogP contribution in [0, 0.1) is 23.6 Å². The summed E-state index contributed by atoms with van der Waals surface area (Å²) in [6.45, 7) is 5.28. The minimum Gasteiger partial charge on any atom is -0.444 e. The van der Waals surface area contributed by atoms with Gasteiger partial charge in [0.15, 0.2) is 11.6 Å². The fraction of sp³-hybridized carbons (Fsp3) is 0.480. The van der Waals surface area contributed by atoms with Crippen LogP contribution in [0.1, 0.15) is 44.0 Å². The summed E-state index contributed by atoms with van der Waals surface area (Å²) in [7, 11) is 1.69. The molecule has 2 aliphatic carbocycles. The molecule has 1 unspecified atom stereocenters. The van der Waals surface area contributed by atoms with Crippen LogP contribution in [0.4, 0.5) is 20.7 Å². The number of hydrogen-bond donors (Lipinski definition) is 3. The number of anilines is 2. The van der Waals surface area contributed by atoms with Gasteiger partial charge < -0.3 is 20.7 Å². The highest BCUT2D eigenvalue weighted by molar-refractivity contribution is 6.28. The zero-order chi connectivity index (χ0) is 27.1. The van der Waals surface area contributed by atoms with Gasteiger partial charge in [-0.25, -0.2) is 14.2 Å². The number of hydrogen-bond acceptors (Lipinski definition) is 7. The largest absolute Gasteiger partial charge is 0.444 e. The van der Waals surface area contributed by atoms with E-state index in [4.69, 9.17) is 22.1 Å². The van der Waals surface area contributed by atoms with Gasteiger partial charge in [-0.05, 0) is 69.3 Å². The molecule has 0 spiro atoms. The second kappa shape index (κ2) is 10.1. The normalized spacial score (nSPS) is 24.4. The van der Waals surface area contributed by atoms with Gasteiger partial charge in [-0.1, -0.05) is 6.07 Å². The van der Waals surface area contributed by atoms with Gasteiger partial charge in [-0.15, -0.1) is 0 Å². The number of primary amides is 1. The third-order valence-electron chi connectivity index (χ3n) is 6.89. The van der Waals surface area contributed by atoms with Gasteiger partial charge in [0.2, 0.25) is 11.2 Å². The van der Waals surface area contributed by atoms with E-state index in [2.05, 4.69) is 20.6 Å². The Bertz CT molecular complexity index is 1220. The van der Waals surface area contributed by atoms with Crippen LogP contribution in [-0.2, 0) is 9.53 Å². The van der Waals surface area contributed by atoms with Crippen molar-refractivity contribution in [2.45, 2.75) is 51.3 Å². The summed E-state index contributed by atoms with van der Waals surface area (Å²) in [6.07, 6.45) is 1.56. The van der Waals surface area contributed by atoms with E-state index < -0.39 is 35.4 Å². The number of nitrogens with one attached hydrogen (secondary N) is 2. The molecule has 1 aromatic heterocycles. The average molecular weight is 533 g/mol. The molecule has 4 rings (SSSR count). The predicted octanol–water partition coefficient (Wildman–Crippen LogP) is 3.68. The molecule has 1 aromatic carbocycles. The lowest BCUT2D eigenvalue weighted by molar-refractivity contribution is -0.123. The third kappa shape index (κ3) is 5.76. The second-order valence-electron chi connectivity index (χ2n) is 10.5. The Kier molecular flexibility index (Phi) is 7.27. The van der Waals surface area contributed by atoms with E-state index in [0.29, 0.717) is 24.1 Å². The van der Waals surface area contributed by atoms with E-state index in [0.717, 1.165) is 6.20 Å².